The number of carboxylic acids is 1. The molecule has 0 aromatic rings. The third kappa shape index (κ3) is 3.41. The van der Waals surface area contributed by atoms with Crippen molar-refractivity contribution in [2.45, 2.75) is 38.9 Å². The molecule has 0 aromatic heterocycles. The number of alkyl halides is 3. The highest BCUT2D eigenvalue weighted by molar-refractivity contribution is 5.85. The second-order valence-electron chi connectivity index (χ2n) is 5.43. The summed E-state index contributed by atoms with van der Waals surface area (Å²) in [4.78, 5) is 22.8. The van der Waals surface area contributed by atoms with Crippen LogP contribution in [0.25, 0.3) is 0 Å². The molecule has 1 heterocycles. The molecule has 1 saturated heterocycles. The number of hydrogen-bond donors (Lipinski definition) is 3. The Morgan fingerprint density at radius 1 is 1.40 bits per heavy atom. The van der Waals surface area contributed by atoms with Gasteiger partial charge in [-0.05, 0) is 18.9 Å². The molecule has 1 fully saturated rings. The highest BCUT2D eigenvalue weighted by atomic mass is 19.4. The van der Waals surface area contributed by atoms with Gasteiger partial charge in [-0.3, -0.25) is 9.59 Å². The fourth-order valence-corrected chi connectivity index (χ4v) is 2.20. The molecule has 3 N–H and O–H groups in total. The third-order valence-electron chi connectivity index (χ3n) is 3.65. The average molecular weight is 296 g/mol. The highest BCUT2D eigenvalue weighted by Gasteiger charge is 2.61. The SMILES string of the molecule is CC(C)C(CC(=O)O)NC(=O)C1(C(F)(F)F)CCNC1. The van der Waals surface area contributed by atoms with Gasteiger partial charge in [0, 0.05) is 12.6 Å². The van der Waals surface area contributed by atoms with Crippen LogP contribution >= 0.6 is 0 Å². The van der Waals surface area contributed by atoms with Crippen molar-refractivity contribution < 1.29 is 27.9 Å². The standard InChI is InChI=1S/C12H19F3N2O3/c1-7(2)8(5-9(18)19)17-10(20)11(12(13,14)15)3-4-16-6-11/h7-8,16H,3-6H2,1-2H3,(H,17,20)(H,18,19). The molecule has 20 heavy (non-hydrogen) atoms. The maximum atomic E-state index is 13.2. The van der Waals surface area contributed by atoms with Crippen LogP contribution in [-0.4, -0.2) is 42.3 Å². The first-order chi connectivity index (χ1) is 9.10. The Balaban J connectivity index is 2.88. The topological polar surface area (TPSA) is 78.4 Å². The summed E-state index contributed by atoms with van der Waals surface area (Å²) in [5.74, 6) is -2.57. The zero-order valence-corrected chi connectivity index (χ0v) is 11.4. The van der Waals surface area contributed by atoms with Gasteiger partial charge in [-0.1, -0.05) is 13.8 Å². The van der Waals surface area contributed by atoms with E-state index in [0.717, 1.165) is 0 Å². The fourth-order valence-electron chi connectivity index (χ4n) is 2.20. The Morgan fingerprint density at radius 2 is 2.00 bits per heavy atom. The van der Waals surface area contributed by atoms with E-state index in [1.165, 1.54) is 0 Å². The van der Waals surface area contributed by atoms with Gasteiger partial charge in [0.05, 0.1) is 6.42 Å². The van der Waals surface area contributed by atoms with Gasteiger partial charge in [-0.15, -0.1) is 0 Å². The second kappa shape index (κ2) is 5.99. The molecule has 1 aliphatic rings. The Kier molecular flexibility index (Phi) is 5.01. The molecule has 116 valence electrons. The molecule has 0 radical (unpaired) electrons. The molecule has 1 amide bonds. The van der Waals surface area contributed by atoms with Crippen molar-refractivity contribution in [2.75, 3.05) is 13.1 Å². The Morgan fingerprint density at radius 3 is 2.35 bits per heavy atom. The normalized spacial score (nSPS) is 24.7. The molecule has 5 nitrogen and oxygen atoms in total. The van der Waals surface area contributed by atoms with Crippen molar-refractivity contribution in [1.29, 1.82) is 0 Å². The van der Waals surface area contributed by atoms with Gasteiger partial charge in [0.15, 0.2) is 5.41 Å². The number of aliphatic carboxylic acids is 1. The molecular formula is C12H19F3N2O3. The number of amides is 1. The van der Waals surface area contributed by atoms with Crippen LogP contribution in [0.3, 0.4) is 0 Å². The van der Waals surface area contributed by atoms with Crippen LogP contribution in [0.15, 0.2) is 0 Å². The first-order valence-electron chi connectivity index (χ1n) is 6.40. The lowest BCUT2D eigenvalue weighted by Gasteiger charge is -2.32. The lowest BCUT2D eigenvalue weighted by atomic mass is 9.84. The number of hydrogen-bond acceptors (Lipinski definition) is 3. The summed E-state index contributed by atoms with van der Waals surface area (Å²) >= 11 is 0. The molecule has 0 bridgehead atoms. The summed E-state index contributed by atoms with van der Waals surface area (Å²) in [5, 5.41) is 13.6. The molecule has 0 saturated carbocycles. The van der Waals surface area contributed by atoms with Crippen LogP contribution in [0, 0.1) is 11.3 Å². The van der Waals surface area contributed by atoms with E-state index in [0.29, 0.717) is 0 Å². The molecule has 0 spiro atoms. The largest absolute Gasteiger partial charge is 0.481 e. The number of carbonyl (C=O) groups excluding carboxylic acids is 1. The number of nitrogens with one attached hydrogen (secondary N) is 2. The Labute approximate surface area is 114 Å². The van der Waals surface area contributed by atoms with E-state index in [-0.39, 0.29) is 18.9 Å². The predicted molar refractivity (Wildman–Crippen MR) is 65.0 cm³/mol. The van der Waals surface area contributed by atoms with Gasteiger partial charge < -0.3 is 15.7 Å². The minimum atomic E-state index is -4.66. The second-order valence-corrected chi connectivity index (χ2v) is 5.43. The van der Waals surface area contributed by atoms with Crippen LogP contribution in [0.1, 0.15) is 26.7 Å². The smallest absolute Gasteiger partial charge is 0.404 e. The van der Waals surface area contributed by atoms with Gasteiger partial charge >= 0.3 is 12.1 Å². The van der Waals surface area contributed by atoms with E-state index >= 15 is 0 Å². The molecule has 1 aliphatic heterocycles. The number of rotatable bonds is 5. The predicted octanol–water partition coefficient (Wildman–Crippen LogP) is 1.14. The van der Waals surface area contributed by atoms with Crippen LogP contribution in [-0.2, 0) is 9.59 Å². The lowest BCUT2D eigenvalue weighted by molar-refractivity contribution is -0.216. The Bertz CT molecular complexity index is 377. The van der Waals surface area contributed by atoms with Crippen LogP contribution < -0.4 is 10.6 Å². The summed E-state index contributed by atoms with van der Waals surface area (Å²) in [5.41, 5.74) is -2.46. The van der Waals surface area contributed by atoms with Gasteiger partial charge in [0.2, 0.25) is 5.91 Å². The molecular weight excluding hydrogens is 277 g/mol. The summed E-state index contributed by atoms with van der Waals surface area (Å²) in [7, 11) is 0. The number of carboxylic acid groups (broad SMARTS) is 1. The zero-order chi connectivity index (χ0) is 15.6. The summed E-state index contributed by atoms with van der Waals surface area (Å²) in [6.07, 6.45) is -5.39. The van der Waals surface area contributed by atoms with Crippen LogP contribution in [0.4, 0.5) is 13.2 Å². The minimum absolute atomic E-state index is 0.109. The van der Waals surface area contributed by atoms with Gasteiger partial charge in [0.1, 0.15) is 0 Å². The summed E-state index contributed by atoms with van der Waals surface area (Å²) in [6.45, 7) is 2.94. The molecule has 8 heteroatoms. The zero-order valence-electron chi connectivity index (χ0n) is 11.4. The highest BCUT2D eigenvalue weighted by Crippen LogP contribution is 2.43. The molecule has 2 unspecified atom stereocenters. The van der Waals surface area contributed by atoms with Crippen molar-refractivity contribution in [3.8, 4) is 0 Å². The Hall–Kier alpha value is -1.31. The summed E-state index contributed by atoms with van der Waals surface area (Å²) < 4.78 is 39.5. The number of carbonyl (C=O) groups is 2. The quantitative estimate of drug-likeness (QED) is 0.711. The van der Waals surface area contributed by atoms with Crippen molar-refractivity contribution in [3.63, 3.8) is 0 Å². The first kappa shape index (κ1) is 16.7. The van der Waals surface area contributed by atoms with E-state index in [2.05, 4.69) is 10.6 Å². The summed E-state index contributed by atoms with van der Waals surface area (Å²) in [6, 6.07) is -0.820. The maximum absolute atomic E-state index is 13.2. The molecule has 0 aromatic carbocycles. The van der Waals surface area contributed by atoms with Crippen LogP contribution in [0.5, 0.6) is 0 Å². The van der Waals surface area contributed by atoms with Gasteiger partial charge in [0.25, 0.3) is 0 Å². The van der Waals surface area contributed by atoms with Crippen molar-refractivity contribution in [3.05, 3.63) is 0 Å². The maximum Gasteiger partial charge on any atom is 0.404 e. The molecule has 2 atom stereocenters. The molecule has 0 aliphatic carbocycles. The minimum Gasteiger partial charge on any atom is -0.481 e. The van der Waals surface area contributed by atoms with E-state index < -0.39 is 42.5 Å². The lowest BCUT2D eigenvalue weighted by Crippen LogP contribution is -2.55. The average Bonchev–Trinajstić information content (AvgIpc) is 2.76. The van der Waals surface area contributed by atoms with Crippen molar-refractivity contribution >= 4 is 11.9 Å². The third-order valence-corrected chi connectivity index (χ3v) is 3.65. The van der Waals surface area contributed by atoms with Crippen molar-refractivity contribution in [1.82, 2.24) is 10.6 Å². The fraction of sp³-hybridized carbons (Fsp3) is 0.833. The van der Waals surface area contributed by atoms with E-state index in [1.807, 2.05) is 0 Å². The monoisotopic (exact) mass is 296 g/mol. The molecule has 1 rings (SSSR count). The van der Waals surface area contributed by atoms with E-state index in [9.17, 15) is 22.8 Å². The van der Waals surface area contributed by atoms with E-state index in [1.54, 1.807) is 13.8 Å². The van der Waals surface area contributed by atoms with Gasteiger partial charge in [-0.2, -0.15) is 13.2 Å². The number of halogens is 3. The van der Waals surface area contributed by atoms with E-state index in [4.69, 9.17) is 5.11 Å². The first-order valence-corrected chi connectivity index (χ1v) is 6.40. The van der Waals surface area contributed by atoms with Gasteiger partial charge in [-0.25, -0.2) is 0 Å². The van der Waals surface area contributed by atoms with Crippen molar-refractivity contribution in [2.24, 2.45) is 11.3 Å². The van der Waals surface area contributed by atoms with Crippen LogP contribution in [0.2, 0.25) is 0 Å².